The van der Waals surface area contributed by atoms with E-state index in [9.17, 15) is 4.79 Å². The number of likely N-dealkylation sites (N-methyl/N-ethyl adjacent to an activating group) is 1. The largest absolute Gasteiger partial charge is 0.348 e. The lowest BCUT2D eigenvalue weighted by Gasteiger charge is -2.20. The Morgan fingerprint density at radius 3 is 2.17 bits per heavy atom. The molecule has 5 heteroatoms. The molecule has 0 spiro atoms. The molecule has 1 heterocycles. The number of benzene rings is 2. The molecule has 0 aliphatic carbocycles. The van der Waals surface area contributed by atoms with Crippen molar-refractivity contribution in [3.05, 3.63) is 65.9 Å². The van der Waals surface area contributed by atoms with Crippen LogP contribution in [0, 0.1) is 6.92 Å². The van der Waals surface area contributed by atoms with Gasteiger partial charge in [0.25, 0.3) is 0 Å². The molecule has 0 fully saturated rings. The number of thioether (sulfide) groups is 1. The normalized spacial score (nSPS) is 12.1. The molecule has 0 aliphatic heterocycles. The number of aromatic nitrogens is 2. The Morgan fingerprint density at radius 2 is 1.54 bits per heavy atom. The molecular weight excluding hydrogens is 318 g/mol. The van der Waals surface area contributed by atoms with E-state index in [-0.39, 0.29) is 11.2 Å². The second-order valence-corrected chi connectivity index (χ2v) is 6.84. The molecule has 0 aliphatic rings. The maximum atomic E-state index is 12.7. The lowest BCUT2D eigenvalue weighted by Crippen LogP contribution is -2.26. The van der Waals surface area contributed by atoms with Crippen LogP contribution in [0.3, 0.4) is 0 Å². The van der Waals surface area contributed by atoms with Gasteiger partial charge in [0.1, 0.15) is 10.3 Å². The molecule has 122 valence electrons. The molecule has 24 heavy (non-hydrogen) atoms. The third-order valence-electron chi connectivity index (χ3n) is 3.70. The van der Waals surface area contributed by atoms with Crippen LogP contribution >= 0.6 is 11.8 Å². The molecule has 2 aromatic carbocycles. The number of para-hydroxylation sites is 2. The second-order valence-electron chi connectivity index (χ2n) is 5.74. The van der Waals surface area contributed by atoms with Crippen LogP contribution in [0.4, 0.5) is 0 Å². The van der Waals surface area contributed by atoms with Gasteiger partial charge < -0.3 is 4.90 Å². The van der Waals surface area contributed by atoms with E-state index < -0.39 is 0 Å². The molecule has 1 atom stereocenters. The highest BCUT2D eigenvalue weighted by Crippen LogP contribution is 2.37. The molecule has 3 rings (SSSR count). The van der Waals surface area contributed by atoms with Crippen LogP contribution in [0.2, 0.25) is 0 Å². The van der Waals surface area contributed by atoms with Crippen LogP contribution in [0.25, 0.3) is 11.0 Å². The van der Waals surface area contributed by atoms with E-state index in [1.807, 2.05) is 61.5 Å². The monoisotopic (exact) mass is 337 g/mol. The van der Waals surface area contributed by atoms with Crippen LogP contribution in [-0.4, -0.2) is 34.9 Å². The summed E-state index contributed by atoms with van der Waals surface area (Å²) in [5.41, 5.74) is 3.52. The predicted octanol–water partition coefficient (Wildman–Crippen LogP) is 3.86. The van der Waals surface area contributed by atoms with Gasteiger partial charge in [-0.3, -0.25) is 4.79 Å². The molecule has 0 saturated carbocycles. The van der Waals surface area contributed by atoms with Gasteiger partial charge in [0, 0.05) is 14.1 Å². The highest BCUT2D eigenvalue weighted by molar-refractivity contribution is 8.00. The van der Waals surface area contributed by atoms with E-state index in [2.05, 4.69) is 4.98 Å². The zero-order chi connectivity index (χ0) is 17.1. The van der Waals surface area contributed by atoms with Crippen molar-refractivity contribution in [3.8, 4) is 0 Å². The first-order valence-corrected chi connectivity index (χ1v) is 8.60. The first-order chi connectivity index (χ1) is 11.6. The van der Waals surface area contributed by atoms with Crippen molar-refractivity contribution in [2.45, 2.75) is 17.2 Å². The van der Waals surface area contributed by atoms with Gasteiger partial charge in [0.2, 0.25) is 5.91 Å². The smallest absolute Gasteiger partial charge is 0.240 e. The van der Waals surface area contributed by atoms with Crippen LogP contribution in [0.1, 0.15) is 16.5 Å². The number of carbonyl (C=O) groups is 1. The number of carbonyl (C=O) groups excluding carboxylic acids is 1. The molecule has 0 saturated heterocycles. The molecule has 1 aromatic heterocycles. The van der Waals surface area contributed by atoms with Crippen molar-refractivity contribution >= 4 is 28.7 Å². The maximum Gasteiger partial charge on any atom is 0.240 e. The summed E-state index contributed by atoms with van der Waals surface area (Å²) in [6, 6.07) is 17.6. The minimum atomic E-state index is -0.338. The Morgan fingerprint density at radius 1 is 0.958 bits per heavy atom. The van der Waals surface area contributed by atoms with Crippen molar-refractivity contribution in [1.82, 2.24) is 14.9 Å². The summed E-state index contributed by atoms with van der Waals surface area (Å²) in [5, 5.41) is 0.452. The third kappa shape index (κ3) is 3.41. The van der Waals surface area contributed by atoms with Crippen LogP contribution in [0.5, 0.6) is 0 Å². The summed E-state index contributed by atoms with van der Waals surface area (Å²) < 4.78 is 0. The fourth-order valence-electron chi connectivity index (χ4n) is 2.42. The highest BCUT2D eigenvalue weighted by Gasteiger charge is 2.25. The summed E-state index contributed by atoms with van der Waals surface area (Å²) in [7, 11) is 3.55. The van der Waals surface area contributed by atoms with Crippen molar-refractivity contribution in [1.29, 1.82) is 0 Å². The lowest BCUT2D eigenvalue weighted by molar-refractivity contribution is -0.128. The molecule has 1 unspecified atom stereocenters. The Labute approximate surface area is 145 Å². The number of fused-ring (bicyclic) bond motifs is 1. The molecule has 4 nitrogen and oxygen atoms in total. The van der Waals surface area contributed by atoms with Crippen LogP contribution < -0.4 is 0 Å². The number of amides is 1. The van der Waals surface area contributed by atoms with Crippen LogP contribution in [0.15, 0.2) is 59.6 Å². The molecular formula is C19H19N3OS. The highest BCUT2D eigenvalue weighted by atomic mass is 32.2. The number of hydrogen-bond donors (Lipinski definition) is 0. The zero-order valence-electron chi connectivity index (χ0n) is 13.9. The van der Waals surface area contributed by atoms with Crippen molar-refractivity contribution in [2.24, 2.45) is 0 Å². The predicted molar refractivity (Wildman–Crippen MR) is 98.0 cm³/mol. The summed E-state index contributed by atoms with van der Waals surface area (Å²) in [4.78, 5) is 23.6. The fraction of sp³-hybridized carbons (Fsp3) is 0.211. The summed E-state index contributed by atoms with van der Waals surface area (Å²) in [6.07, 6.45) is 0. The van der Waals surface area contributed by atoms with E-state index in [1.165, 1.54) is 11.8 Å². The fourth-order valence-corrected chi connectivity index (χ4v) is 3.61. The van der Waals surface area contributed by atoms with E-state index in [0.717, 1.165) is 27.3 Å². The topological polar surface area (TPSA) is 46.1 Å². The average Bonchev–Trinajstić information content (AvgIpc) is 2.60. The standard InChI is InChI=1S/C19H19N3OS/c1-13-18(21-16-12-8-7-11-15(16)20-13)24-17(19(23)22(2)3)14-9-5-4-6-10-14/h4-12,17H,1-3H3. The minimum Gasteiger partial charge on any atom is -0.348 e. The van der Waals surface area contributed by atoms with Gasteiger partial charge in [-0.25, -0.2) is 9.97 Å². The van der Waals surface area contributed by atoms with Gasteiger partial charge in [0.05, 0.1) is 16.7 Å². The third-order valence-corrected chi connectivity index (χ3v) is 5.02. The van der Waals surface area contributed by atoms with Gasteiger partial charge in [-0.2, -0.15) is 0 Å². The van der Waals surface area contributed by atoms with Crippen molar-refractivity contribution < 1.29 is 4.79 Å². The first kappa shape index (κ1) is 16.5. The van der Waals surface area contributed by atoms with Gasteiger partial charge in [-0.1, -0.05) is 54.2 Å². The van der Waals surface area contributed by atoms with Crippen molar-refractivity contribution in [2.75, 3.05) is 14.1 Å². The summed E-state index contributed by atoms with van der Waals surface area (Å²) in [5.74, 6) is 0.0422. The van der Waals surface area contributed by atoms with Gasteiger partial charge in [-0.05, 0) is 24.6 Å². The molecule has 0 radical (unpaired) electrons. The maximum absolute atomic E-state index is 12.7. The summed E-state index contributed by atoms with van der Waals surface area (Å²) in [6.45, 7) is 1.93. The Kier molecular flexibility index (Phi) is 4.81. The first-order valence-electron chi connectivity index (χ1n) is 7.72. The molecule has 0 N–H and O–H groups in total. The number of nitrogens with zero attached hydrogens (tertiary/aromatic N) is 3. The Hall–Kier alpha value is -2.40. The number of aryl methyl sites for hydroxylation is 1. The molecule has 3 aromatic rings. The Balaban J connectivity index is 2.01. The SMILES string of the molecule is Cc1nc2ccccc2nc1SC(C(=O)N(C)C)c1ccccc1. The van der Waals surface area contributed by atoms with Gasteiger partial charge in [-0.15, -0.1) is 0 Å². The van der Waals surface area contributed by atoms with Gasteiger partial charge in [0.15, 0.2) is 0 Å². The lowest BCUT2D eigenvalue weighted by atomic mass is 10.1. The number of hydrogen-bond acceptors (Lipinski definition) is 4. The van der Waals surface area contributed by atoms with Crippen LogP contribution in [-0.2, 0) is 4.79 Å². The molecule has 1 amide bonds. The quantitative estimate of drug-likeness (QED) is 0.678. The van der Waals surface area contributed by atoms with E-state index in [0.29, 0.717) is 0 Å². The molecule has 0 bridgehead atoms. The zero-order valence-corrected chi connectivity index (χ0v) is 14.7. The van der Waals surface area contributed by atoms with Crippen molar-refractivity contribution in [3.63, 3.8) is 0 Å². The van der Waals surface area contributed by atoms with Gasteiger partial charge >= 0.3 is 0 Å². The Bertz CT molecular complexity index is 865. The average molecular weight is 337 g/mol. The second kappa shape index (κ2) is 7.01. The van der Waals surface area contributed by atoms with E-state index in [1.54, 1.807) is 19.0 Å². The summed E-state index contributed by atoms with van der Waals surface area (Å²) >= 11 is 1.45. The van der Waals surface area contributed by atoms with E-state index in [4.69, 9.17) is 4.98 Å². The minimum absolute atomic E-state index is 0.0422. The van der Waals surface area contributed by atoms with E-state index >= 15 is 0 Å². The number of rotatable bonds is 4.